The Labute approximate surface area is 164 Å². The summed E-state index contributed by atoms with van der Waals surface area (Å²) in [7, 11) is 0. The topological polar surface area (TPSA) is 55.6 Å². The average Bonchev–Trinajstić information content (AvgIpc) is 3.42. The average molecular weight is 415 g/mol. The fourth-order valence-corrected chi connectivity index (χ4v) is 3.19. The number of ether oxygens (including phenoxy) is 1. The van der Waals surface area contributed by atoms with Crippen LogP contribution in [0.3, 0.4) is 0 Å². The van der Waals surface area contributed by atoms with E-state index in [1.807, 2.05) is 18.0 Å². The minimum atomic E-state index is -4.88. The van der Waals surface area contributed by atoms with Crippen molar-refractivity contribution in [2.75, 3.05) is 11.4 Å². The smallest absolute Gasteiger partial charge is 0.430 e. The minimum Gasteiger partial charge on any atom is -0.616 e. The maximum atomic E-state index is 13.4. The number of anilines is 1. The lowest BCUT2D eigenvalue weighted by Gasteiger charge is -2.29. The van der Waals surface area contributed by atoms with Crippen LogP contribution in [-0.2, 0) is 4.79 Å². The van der Waals surface area contributed by atoms with Crippen molar-refractivity contribution < 1.29 is 27.4 Å². The van der Waals surface area contributed by atoms with Gasteiger partial charge < -0.3 is 14.8 Å². The highest BCUT2D eigenvalue weighted by atomic mass is 35.5. The number of benzene rings is 1. The number of carbonyl (C=O) groups is 1. The quantitative estimate of drug-likeness (QED) is 0.304. The normalized spacial score (nSPS) is 18.0. The van der Waals surface area contributed by atoms with E-state index >= 15 is 0 Å². The van der Waals surface area contributed by atoms with Gasteiger partial charge in [-0.25, -0.2) is 4.79 Å². The molecule has 28 heavy (non-hydrogen) atoms. The molecule has 0 spiro atoms. The van der Waals surface area contributed by atoms with Gasteiger partial charge in [0.2, 0.25) is 6.10 Å². The molecule has 9 heteroatoms. The first kappa shape index (κ1) is 20.3. The molecule has 1 fully saturated rings. The van der Waals surface area contributed by atoms with Crippen LogP contribution in [0.25, 0.3) is 6.08 Å². The summed E-state index contributed by atoms with van der Waals surface area (Å²) in [6.07, 6.45) is -1.72. The fourth-order valence-electron chi connectivity index (χ4n) is 2.90. The maximum absolute atomic E-state index is 13.4. The van der Waals surface area contributed by atoms with Crippen LogP contribution in [0.15, 0.2) is 29.5 Å². The third kappa shape index (κ3) is 4.16. The Morgan fingerprint density at radius 2 is 2.14 bits per heavy atom. The van der Waals surface area contributed by atoms with Gasteiger partial charge in [-0.1, -0.05) is 24.1 Å². The first-order valence-corrected chi connectivity index (χ1v) is 9.06. The molecule has 1 unspecified atom stereocenters. The molecule has 5 nitrogen and oxygen atoms in total. The van der Waals surface area contributed by atoms with Gasteiger partial charge in [-0.2, -0.15) is 13.2 Å². The Balaban J connectivity index is 2.07. The zero-order valence-electron chi connectivity index (χ0n) is 15.1. The number of fused-ring (bicyclic) bond motifs is 1. The van der Waals surface area contributed by atoms with Gasteiger partial charge >= 0.3 is 12.1 Å². The molecule has 2 aliphatic rings. The lowest BCUT2D eigenvalue weighted by molar-refractivity contribution is -0.370. The van der Waals surface area contributed by atoms with Crippen LogP contribution in [0.1, 0.15) is 31.7 Å². The summed E-state index contributed by atoms with van der Waals surface area (Å²) < 4.78 is 45.0. The monoisotopic (exact) mass is 414 g/mol. The summed E-state index contributed by atoms with van der Waals surface area (Å²) in [6, 6.07) is 2.86. The highest BCUT2D eigenvalue weighted by Crippen LogP contribution is 2.42. The van der Waals surface area contributed by atoms with E-state index in [1.165, 1.54) is 17.7 Å². The van der Waals surface area contributed by atoms with Gasteiger partial charge in [0, 0.05) is 24.4 Å². The predicted octanol–water partition coefficient (Wildman–Crippen LogP) is 4.68. The van der Waals surface area contributed by atoms with E-state index in [0.29, 0.717) is 17.3 Å². The van der Waals surface area contributed by atoms with Crippen LogP contribution in [0, 0.1) is 5.21 Å². The Morgan fingerprint density at radius 1 is 1.46 bits per heavy atom. The van der Waals surface area contributed by atoms with Gasteiger partial charge in [-0.05, 0) is 31.4 Å². The molecule has 1 atom stereocenters. The van der Waals surface area contributed by atoms with Gasteiger partial charge in [0.05, 0.1) is 10.7 Å². The number of alkyl halides is 3. The van der Waals surface area contributed by atoms with Crippen LogP contribution < -0.4 is 9.64 Å². The molecule has 0 aromatic heterocycles. The minimum absolute atomic E-state index is 0.0601. The van der Waals surface area contributed by atoms with Crippen molar-refractivity contribution in [3.05, 3.63) is 45.3 Å². The third-order valence-corrected chi connectivity index (χ3v) is 4.64. The number of hydrogen-bond acceptors (Lipinski definition) is 4. The van der Waals surface area contributed by atoms with Gasteiger partial charge in [-0.3, -0.25) is 0 Å². The first-order valence-electron chi connectivity index (χ1n) is 8.68. The Bertz CT molecular complexity index is 887. The van der Waals surface area contributed by atoms with Gasteiger partial charge in [0.15, 0.2) is 0 Å². The lowest BCUT2D eigenvalue weighted by atomic mass is 10.00. The number of halogens is 4. The Kier molecular flexibility index (Phi) is 5.43. The highest BCUT2D eigenvalue weighted by molar-refractivity contribution is 6.33. The van der Waals surface area contributed by atoms with E-state index in [9.17, 15) is 23.2 Å². The summed E-state index contributed by atoms with van der Waals surface area (Å²) in [4.78, 5) is 13.8. The number of carbonyl (C=O) groups excluding carboxylic acids is 1. The SMILES string of the molecule is C=[N+]([O-])C(=O)C1=Cc2cc(Cl)c(N(C=C3CC3)CCC)cc2OC1C(F)(F)F. The summed E-state index contributed by atoms with van der Waals surface area (Å²) in [5.41, 5.74) is 1.11. The van der Waals surface area contributed by atoms with Gasteiger partial charge in [0.1, 0.15) is 18.0 Å². The van der Waals surface area contributed by atoms with Crippen LogP contribution in [0.5, 0.6) is 5.75 Å². The Morgan fingerprint density at radius 3 is 2.68 bits per heavy atom. The summed E-state index contributed by atoms with van der Waals surface area (Å²) in [5, 5.41) is 11.5. The first-order chi connectivity index (χ1) is 13.1. The van der Waals surface area contributed by atoms with Crippen LogP contribution in [-0.4, -0.2) is 36.2 Å². The molecule has 0 saturated heterocycles. The summed E-state index contributed by atoms with van der Waals surface area (Å²) >= 11 is 6.36. The molecule has 1 aromatic carbocycles. The molecule has 1 heterocycles. The molecule has 1 aliphatic heterocycles. The van der Waals surface area contributed by atoms with Crippen molar-refractivity contribution in [3.63, 3.8) is 0 Å². The van der Waals surface area contributed by atoms with Crippen LogP contribution >= 0.6 is 11.6 Å². The lowest BCUT2D eigenvalue weighted by Crippen LogP contribution is -2.41. The van der Waals surface area contributed by atoms with Crippen LogP contribution in [0.2, 0.25) is 5.02 Å². The molecule has 1 aliphatic carbocycles. The van der Waals surface area contributed by atoms with Crippen LogP contribution in [0.4, 0.5) is 18.9 Å². The number of hydroxylamine groups is 1. The van der Waals surface area contributed by atoms with E-state index in [1.54, 1.807) is 0 Å². The largest absolute Gasteiger partial charge is 0.616 e. The second-order valence-electron chi connectivity index (χ2n) is 6.65. The van der Waals surface area contributed by atoms with Gasteiger partial charge in [0.25, 0.3) is 0 Å². The summed E-state index contributed by atoms with van der Waals surface area (Å²) in [6.45, 7) is 5.44. The van der Waals surface area contributed by atoms with Crippen molar-refractivity contribution in [1.29, 1.82) is 0 Å². The standard InChI is InChI=1S/C19H18ClF3N2O3/c1-3-6-25(10-11-4-5-11)15-9-16-12(8-14(15)20)7-13(18(26)24(2)27)17(28-16)19(21,22)23/h7-10,17H,2-6H2,1H3. The zero-order chi connectivity index (χ0) is 20.6. The number of nitrogens with zero attached hydrogens (tertiary/aromatic N) is 2. The number of amides is 1. The molecule has 3 rings (SSSR count). The zero-order valence-corrected chi connectivity index (χ0v) is 15.8. The molecule has 150 valence electrons. The second kappa shape index (κ2) is 7.50. The molecule has 1 amide bonds. The number of hydrogen-bond donors (Lipinski definition) is 0. The maximum Gasteiger partial charge on any atom is 0.430 e. The molecule has 1 saturated carbocycles. The Hall–Kier alpha value is -2.48. The van der Waals surface area contributed by atoms with Crippen molar-refractivity contribution >= 4 is 36.0 Å². The molecular weight excluding hydrogens is 397 g/mol. The van der Waals surface area contributed by atoms with Gasteiger partial charge in [-0.15, -0.1) is 4.74 Å². The second-order valence-corrected chi connectivity index (χ2v) is 7.05. The van der Waals surface area contributed by atoms with E-state index < -0.39 is 28.5 Å². The highest BCUT2D eigenvalue weighted by Gasteiger charge is 2.50. The molecule has 0 bridgehead atoms. The predicted molar refractivity (Wildman–Crippen MR) is 101 cm³/mol. The molecule has 1 aromatic rings. The number of allylic oxidation sites excluding steroid dienone is 1. The fraction of sp³-hybridized carbons (Fsp3) is 0.368. The van der Waals surface area contributed by atoms with Crippen molar-refractivity contribution in [1.82, 2.24) is 0 Å². The van der Waals surface area contributed by atoms with Crippen molar-refractivity contribution in [3.8, 4) is 5.75 Å². The molecular formula is C19H18ClF3N2O3. The van der Waals surface area contributed by atoms with E-state index in [2.05, 4.69) is 6.72 Å². The molecule has 0 N–H and O–H groups in total. The number of rotatable bonds is 5. The molecule has 0 radical (unpaired) electrons. The summed E-state index contributed by atoms with van der Waals surface area (Å²) in [5.74, 6) is -1.48. The third-order valence-electron chi connectivity index (χ3n) is 4.34. The van der Waals surface area contributed by atoms with E-state index in [4.69, 9.17) is 16.3 Å². The van der Waals surface area contributed by atoms with Crippen molar-refractivity contribution in [2.24, 2.45) is 0 Å². The van der Waals surface area contributed by atoms with E-state index in [-0.39, 0.29) is 11.3 Å². The van der Waals surface area contributed by atoms with Crippen molar-refractivity contribution in [2.45, 2.75) is 38.5 Å². The van der Waals surface area contributed by atoms with E-state index in [0.717, 1.165) is 25.3 Å².